The maximum absolute atomic E-state index is 11.9. The number of nitrogens with zero attached hydrogens (tertiary/aromatic N) is 1. The molecule has 2 rings (SSSR count). The van der Waals surface area contributed by atoms with Crippen molar-refractivity contribution in [3.05, 3.63) is 32.7 Å². The zero-order chi connectivity index (χ0) is 12.3. The summed E-state index contributed by atoms with van der Waals surface area (Å²) in [6.07, 6.45) is 4.31. The lowest BCUT2D eigenvalue weighted by Crippen LogP contribution is -2.27. The third-order valence-corrected chi connectivity index (χ3v) is 3.56. The summed E-state index contributed by atoms with van der Waals surface area (Å²) in [6.45, 7) is 2.17. The monoisotopic (exact) mass is 299 g/mol. The normalized spacial score (nSPS) is 17.0. The van der Waals surface area contributed by atoms with Crippen LogP contribution in [0.1, 0.15) is 23.2 Å². The van der Waals surface area contributed by atoms with Crippen LogP contribution in [0.3, 0.4) is 0 Å². The summed E-state index contributed by atoms with van der Waals surface area (Å²) >= 11 is 3.19. The Morgan fingerprint density at radius 1 is 1.47 bits per heavy atom. The number of aldehydes is 1. The molecule has 4 nitrogen and oxygen atoms in total. The second-order valence-corrected chi connectivity index (χ2v) is 5.11. The summed E-state index contributed by atoms with van der Waals surface area (Å²) < 4.78 is 7.34. The predicted molar refractivity (Wildman–Crippen MR) is 67.3 cm³/mol. The van der Waals surface area contributed by atoms with Gasteiger partial charge in [-0.25, -0.2) is 0 Å². The van der Waals surface area contributed by atoms with Crippen LogP contribution in [-0.4, -0.2) is 24.1 Å². The first kappa shape index (κ1) is 12.5. The van der Waals surface area contributed by atoms with Gasteiger partial charge in [0.15, 0.2) is 6.29 Å². The van der Waals surface area contributed by atoms with E-state index in [0.29, 0.717) is 22.5 Å². The second kappa shape index (κ2) is 5.60. The van der Waals surface area contributed by atoms with Gasteiger partial charge in [0.25, 0.3) is 5.56 Å². The van der Waals surface area contributed by atoms with Crippen molar-refractivity contribution in [1.29, 1.82) is 0 Å². The molecule has 0 amide bonds. The lowest BCUT2D eigenvalue weighted by atomic mass is 10.0. The van der Waals surface area contributed by atoms with Gasteiger partial charge in [0, 0.05) is 31.5 Å². The summed E-state index contributed by atoms with van der Waals surface area (Å²) in [5.74, 6) is 0.454. The molecule has 1 aromatic rings. The molecular formula is C12H14BrNO3. The highest BCUT2D eigenvalue weighted by Gasteiger charge is 2.15. The topological polar surface area (TPSA) is 48.3 Å². The minimum absolute atomic E-state index is 0.0814. The Bertz CT molecular complexity index is 463. The van der Waals surface area contributed by atoms with Crippen LogP contribution < -0.4 is 5.56 Å². The third kappa shape index (κ3) is 3.04. The summed E-state index contributed by atoms with van der Waals surface area (Å²) in [5, 5.41) is 0. The number of ether oxygens (including phenoxy) is 1. The molecule has 0 unspecified atom stereocenters. The SMILES string of the molecule is O=Cc1cc(Br)c(=O)n(CC2CCOCC2)c1. The van der Waals surface area contributed by atoms with Crippen molar-refractivity contribution in [3.8, 4) is 0 Å². The molecular weight excluding hydrogens is 286 g/mol. The molecule has 0 aromatic carbocycles. The molecule has 0 saturated carbocycles. The van der Waals surface area contributed by atoms with Crippen LogP contribution in [0.2, 0.25) is 0 Å². The number of carbonyl (C=O) groups is 1. The Kier molecular flexibility index (Phi) is 4.12. The van der Waals surface area contributed by atoms with Crippen molar-refractivity contribution in [3.63, 3.8) is 0 Å². The average molecular weight is 300 g/mol. The maximum atomic E-state index is 11.9. The summed E-state index contributed by atoms with van der Waals surface area (Å²) in [4.78, 5) is 22.6. The molecule has 0 spiro atoms. The van der Waals surface area contributed by atoms with Crippen LogP contribution in [-0.2, 0) is 11.3 Å². The number of aromatic nitrogens is 1. The molecule has 1 saturated heterocycles. The Morgan fingerprint density at radius 3 is 2.82 bits per heavy atom. The lowest BCUT2D eigenvalue weighted by molar-refractivity contribution is 0.0609. The predicted octanol–water partition coefficient (Wildman–Crippen LogP) is 1.85. The van der Waals surface area contributed by atoms with Gasteiger partial charge in [-0.15, -0.1) is 0 Å². The molecule has 1 aliphatic heterocycles. The maximum Gasteiger partial charge on any atom is 0.264 e. The van der Waals surface area contributed by atoms with Crippen LogP contribution >= 0.6 is 15.9 Å². The molecule has 1 fully saturated rings. The van der Waals surface area contributed by atoms with Gasteiger partial charge in [-0.3, -0.25) is 9.59 Å². The molecule has 2 heterocycles. The number of rotatable bonds is 3. The first-order valence-corrected chi connectivity index (χ1v) is 6.43. The first-order chi connectivity index (χ1) is 8.20. The highest BCUT2D eigenvalue weighted by atomic mass is 79.9. The zero-order valence-corrected chi connectivity index (χ0v) is 11.0. The number of hydrogen-bond acceptors (Lipinski definition) is 3. The third-order valence-electron chi connectivity index (χ3n) is 3.00. The van der Waals surface area contributed by atoms with Crippen LogP contribution in [0.25, 0.3) is 0 Å². The van der Waals surface area contributed by atoms with Gasteiger partial charge in [-0.1, -0.05) is 0 Å². The lowest BCUT2D eigenvalue weighted by Gasteiger charge is -2.22. The van der Waals surface area contributed by atoms with Crippen LogP contribution in [0, 0.1) is 5.92 Å². The van der Waals surface area contributed by atoms with Gasteiger partial charge in [0.2, 0.25) is 0 Å². The van der Waals surface area contributed by atoms with E-state index in [0.717, 1.165) is 32.3 Å². The Labute approximate surface area is 108 Å². The summed E-state index contributed by atoms with van der Waals surface area (Å²) in [6, 6.07) is 1.55. The largest absolute Gasteiger partial charge is 0.381 e. The van der Waals surface area contributed by atoms with Crippen molar-refractivity contribution in [2.24, 2.45) is 5.92 Å². The van der Waals surface area contributed by atoms with Crippen molar-refractivity contribution in [2.45, 2.75) is 19.4 Å². The molecule has 0 atom stereocenters. The number of pyridine rings is 1. The van der Waals surface area contributed by atoms with Gasteiger partial charge < -0.3 is 9.30 Å². The van der Waals surface area contributed by atoms with E-state index in [1.807, 2.05) is 0 Å². The molecule has 0 N–H and O–H groups in total. The van der Waals surface area contributed by atoms with Gasteiger partial charge in [-0.2, -0.15) is 0 Å². The molecule has 0 aliphatic carbocycles. The Balaban J connectivity index is 2.21. The molecule has 0 radical (unpaired) electrons. The molecule has 92 valence electrons. The Morgan fingerprint density at radius 2 is 2.18 bits per heavy atom. The van der Waals surface area contributed by atoms with E-state index in [1.54, 1.807) is 16.8 Å². The molecule has 5 heteroatoms. The highest BCUT2D eigenvalue weighted by molar-refractivity contribution is 9.10. The van der Waals surface area contributed by atoms with Crippen molar-refractivity contribution in [2.75, 3.05) is 13.2 Å². The minimum Gasteiger partial charge on any atom is -0.381 e. The van der Waals surface area contributed by atoms with Gasteiger partial charge in [0.05, 0.1) is 4.47 Å². The number of halogens is 1. The van der Waals surface area contributed by atoms with E-state index < -0.39 is 0 Å². The molecule has 17 heavy (non-hydrogen) atoms. The van der Waals surface area contributed by atoms with E-state index in [2.05, 4.69) is 15.9 Å². The second-order valence-electron chi connectivity index (χ2n) is 4.25. The van der Waals surface area contributed by atoms with Crippen molar-refractivity contribution in [1.82, 2.24) is 4.57 Å². The smallest absolute Gasteiger partial charge is 0.264 e. The average Bonchev–Trinajstić information content (AvgIpc) is 2.36. The number of carbonyl (C=O) groups excluding carboxylic acids is 1. The van der Waals surface area contributed by atoms with Crippen LogP contribution in [0.4, 0.5) is 0 Å². The van der Waals surface area contributed by atoms with Crippen molar-refractivity contribution < 1.29 is 9.53 Å². The van der Waals surface area contributed by atoms with Gasteiger partial charge in [0.1, 0.15) is 0 Å². The molecule has 0 bridgehead atoms. The fourth-order valence-electron chi connectivity index (χ4n) is 2.03. The van der Waals surface area contributed by atoms with E-state index in [1.165, 1.54) is 0 Å². The quantitative estimate of drug-likeness (QED) is 0.800. The van der Waals surface area contributed by atoms with Gasteiger partial charge in [-0.05, 0) is 40.8 Å². The van der Waals surface area contributed by atoms with E-state index >= 15 is 0 Å². The van der Waals surface area contributed by atoms with Crippen LogP contribution in [0.15, 0.2) is 21.5 Å². The van der Waals surface area contributed by atoms with Crippen molar-refractivity contribution >= 4 is 22.2 Å². The van der Waals surface area contributed by atoms with Gasteiger partial charge >= 0.3 is 0 Å². The highest BCUT2D eigenvalue weighted by Crippen LogP contribution is 2.17. The molecule has 1 aromatic heterocycles. The summed E-state index contributed by atoms with van der Waals surface area (Å²) in [5.41, 5.74) is 0.436. The van der Waals surface area contributed by atoms with E-state index in [4.69, 9.17) is 4.74 Å². The van der Waals surface area contributed by atoms with E-state index in [-0.39, 0.29) is 5.56 Å². The molecule has 1 aliphatic rings. The standard InChI is InChI=1S/C12H14BrNO3/c13-11-5-10(8-15)7-14(12(11)16)6-9-1-3-17-4-2-9/h5,7-9H,1-4,6H2. The minimum atomic E-state index is -0.0814. The first-order valence-electron chi connectivity index (χ1n) is 5.63. The van der Waals surface area contributed by atoms with E-state index in [9.17, 15) is 9.59 Å². The zero-order valence-electron chi connectivity index (χ0n) is 9.39. The Hall–Kier alpha value is -0.940. The number of hydrogen-bond donors (Lipinski definition) is 0. The fourth-order valence-corrected chi connectivity index (χ4v) is 2.52. The summed E-state index contributed by atoms with van der Waals surface area (Å²) in [7, 11) is 0. The van der Waals surface area contributed by atoms with Crippen LogP contribution in [0.5, 0.6) is 0 Å². The fraction of sp³-hybridized carbons (Fsp3) is 0.500.